The van der Waals surface area contributed by atoms with E-state index in [9.17, 15) is 4.79 Å². The average Bonchev–Trinajstić information content (AvgIpc) is 2.37. The van der Waals surface area contributed by atoms with Gasteiger partial charge in [-0.25, -0.2) is 4.98 Å². The molecule has 1 aromatic heterocycles. The van der Waals surface area contributed by atoms with Gasteiger partial charge in [0.15, 0.2) is 5.15 Å². The number of hydrogen-bond donors (Lipinski definition) is 2. The van der Waals surface area contributed by atoms with Crippen LogP contribution in [0.5, 0.6) is 0 Å². The fourth-order valence-corrected chi connectivity index (χ4v) is 2.52. The number of carbonyl (C=O) groups excluding carboxylic acids is 1. The minimum Gasteiger partial charge on any atom is -0.330 e. The Balaban J connectivity index is 2.59. The van der Waals surface area contributed by atoms with Crippen LogP contribution in [0, 0.1) is 18.3 Å². The molecule has 21 heavy (non-hydrogen) atoms. The van der Waals surface area contributed by atoms with Gasteiger partial charge in [-0.2, -0.15) is 0 Å². The maximum Gasteiger partial charge on any atom is 0.224 e. The monoisotopic (exact) mass is 311 g/mol. The van der Waals surface area contributed by atoms with Gasteiger partial charge >= 0.3 is 0 Å². The summed E-state index contributed by atoms with van der Waals surface area (Å²) in [5, 5.41) is 3.16. The summed E-state index contributed by atoms with van der Waals surface area (Å²) in [6.07, 6.45) is 3.90. The minimum atomic E-state index is -0.0319. The van der Waals surface area contributed by atoms with Gasteiger partial charge < -0.3 is 11.1 Å². The first-order chi connectivity index (χ1) is 9.74. The van der Waals surface area contributed by atoms with E-state index in [1.807, 2.05) is 13.0 Å². The van der Waals surface area contributed by atoms with Crippen molar-refractivity contribution in [2.24, 2.45) is 17.1 Å². The molecule has 1 heterocycles. The summed E-state index contributed by atoms with van der Waals surface area (Å²) in [7, 11) is 0. The molecule has 0 fully saturated rings. The molecule has 1 aromatic rings. The van der Waals surface area contributed by atoms with Crippen molar-refractivity contribution in [1.29, 1.82) is 0 Å². The molecule has 0 spiro atoms. The minimum absolute atomic E-state index is 0.0319. The lowest BCUT2D eigenvalue weighted by molar-refractivity contribution is -0.116. The van der Waals surface area contributed by atoms with E-state index >= 15 is 0 Å². The van der Waals surface area contributed by atoms with Crippen molar-refractivity contribution in [2.45, 2.75) is 47.0 Å². The van der Waals surface area contributed by atoms with Crippen LogP contribution in [-0.2, 0) is 4.79 Å². The second-order valence-corrected chi connectivity index (χ2v) is 6.94. The maximum absolute atomic E-state index is 12.1. The zero-order chi connectivity index (χ0) is 16.0. The van der Waals surface area contributed by atoms with E-state index in [2.05, 4.69) is 31.1 Å². The van der Waals surface area contributed by atoms with Crippen molar-refractivity contribution < 1.29 is 4.79 Å². The highest BCUT2D eigenvalue weighted by Crippen LogP contribution is 2.32. The highest BCUT2D eigenvalue weighted by atomic mass is 35.5. The number of nitrogens with one attached hydrogen (secondary N) is 1. The van der Waals surface area contributed by atoms with Crippen LogP contribution >= 0.6 is 11.6 Å². The first-order valence-electron chi connectivity index (χ1n) is 7.36. The van der Waals surface area contributed by atoms with Crippen molar-refractivity contribution in [3.63, 3.8) is 0 Å². The SMILES string of the molecule is Cc1cnc(Cl)c(NC(=O)CCC(CCN)C(C)(C)C)c1. The predicted molar refractivity (Wildman–Crippen MR) is 88.5 cm³/mol. The molecule has 1 amide bonds. The Labute approximate surface area is 132 Å². The van der Waals surface area contributed by atoms with Crippen LogP contribution in [0.3, 0.4) is 0 Å². The molecule has 0 bridgehead atoms. The van der Waals surface area contributed by atoms with Crippen molar-refractivity contribution in [3.8, 4) is 0 Å². The molecule has 0 aromatic carbocycles. The maximum atomic E-state index is 12.1. The van der Waals surface area contributed by atoms with Gasteiger partial charge in [-0.05, 0) is 49.3 Å². The summed E-state index contributed by atoms with van der Waals surface area (Å²) in [6.45, 7) is 9.12. The van der Waals surface area contributed by atoms with Crippen molar-refractivity contribution in [2.75, 3.05) is 11.9 Å². The van der Waals surface area contributed by atoms with Crippen LogP contribution in [0.15, 0.2) is 12.3 Å². The summed E-state index contributed by atoms with van der Waals surface area (Å²) in [4.78, 5) is 16.1. The Hall–Kier alpha value is -1.13. The zero-order valence-electron chi connectivity index (χ0n) is 13.4. The Kier molecular flexibility index (Phi) is 6.62. The number of hydrogen-bond acceptors (Lipinski definition) is 3. The highest BCUT2D eigenvalue weighted by Gasteiger charge is 2.24. The Morgan fingerprint density at radius 2 is 2.10 bits per heavy atom. The number of pyridine rings is 1. The molecule has 0 aliphatic carbocycles. The summed E-state index contributed by atoms with van der Waals surface area (Å²) in [6, 6.07) is 1.83. The molecule has 5 heteroatoms. The number of rotatable bonds is 6. The Morgan fingerprint density at radius 1 is 1.43 bits per heavy atom. The normalized spacial score (nSPS) is 13.0. The van der Waals surface area contributed by atoms with E-state index in [0.717, 1.165) is 18.4 Å². The Bertz CT molecular complexity index is 483. The Morgan fingerprint density at radius 3 is 2.67 bits per heavy atom. The van der Waals surface area contributed by atoms with Gasteiger partial charge in [-0.15, -0.1) is 0 Å². The summed E-state index contributed by atoms with van der Waals surface area (Å²) in [5.74, 6) is 0.398. The van der Waals surface area contributed by atoms with E-state index in [0.29, 0.717) is 29.7 Å². The number of aromatic nitrogens is 1. The summed E-state index contributed by atoms with van der Waals surface area (Å²) in [5.41, 5.74) is 7.36. The molecule has 0 aliphatic rings. The van der Waals surface area contributed by atoms with Gasteiger partial charge in [0.2, 0.25) is 5.91 Å². The fraction of sp³-hybridized carbons (Fsp3) is 0.625. The van der Waals surface area contributed by atoms with Crippen LogP contribution in [0.1, 0.15) is 45.6 Å². The number of anilines is 1. The standard InChI is InChI=1S/C16H26ClN3O/c1-11-9-13(15(17)19-10-11)20-14(21)6-5-12(7-8-18)16(2,3)4/h9-10,12H,5-8,18H2,1-4H3,(H,20,21). The number of nitrogens with two attached hydrogens (primary N) is 1. The van der Waals surface area contributed by atoms with Crippen LogP contribution in [0.25, 0.3) is 0 Å². The third kappa shape index (κ3) is 6.02. The topological polar surface area (TPSA) is 68.0 Å². The van der Waals surface area contributed by atoms with Gasteiger partial charge in [-0.1, -0.05) is 32.4 Å². The number of nitrogens with zero attached hydrogens (tertiary/aromatic N) is 1. The number of carbonyl (C=O) groups is 1. The quantitative estimate of drug-likeness (QED) is 0.786. The van der Waals surface area contributed by atoms with Gasteiger partial charge in [0, 0.05) is 12.6 Å². The number of halogens is 1. The van der Waals surface area contributed by atoms with E-state index in [-0.39, 0.29) is 11.3 Å². The number of aryl methyl sites for hydroxylation is 1. The third-order valence-electron chi connectivity index (χ3n) is 3.71. The molecule has 0 saturated heterocycles. The van der Waals surface area contributed by atoms with Crippen molar-refractivity contribution in [1.82, 2.24) is 4.98 Å². The molecule has 0 aliphatic heterocycles. The first-order valence-corrected chi connectivity index (χ1v) is 7.74. The van der Waals surface area contributed by atoms with Crippen LogP contribution in [-0.4, -0.2) is 17.4 Å². The smallest absolute Gasteiger partial charge is 0.224 e. The average molecular weight is 312 g/mol. The van der Waals surface area contributed by atoms with E-state index < -0.39 is 0 Å². The van der Waals surface area contributed by atoms with E-state index in [1.54, 1.807) is 6.20 Å². The van der Waals surface area contributed by atoms with E-state index in [4.69, 9.17) is 17.3 Å². The zero-order valence-corrected chi connectivity index (χ0v) is 14.1. The van der Waals surface area contributed by atoms with Gasteiger partial charge in [0.05, 0.1) is 5.69 Å². The molecule has 0 saturated carbocycles. The molecule has 4 nitrogen and oxygen atoms in total. The van der Waals surface area contributed by atoms with Crippen LogP contribution in [0.2, 0.25) is 5.15 Å². The summed E-state index contributed by atoms with van der Waals surface area (Å²) < 4.78 is 0. The molecule has 1 unspecified atom stereocenters. The van der Waals surface area contributed by atoms with E-state index in [1.165, 1.54) is 0 Å². The fourth-order valence-electron chi connectivity index (χ4n) is 2.37. The second kappa shape index (κ2) is 7.76. The first kappa shape index (κ1) is 17.9. The molecule has 118 valence electrons. The predicted octanol–water partition coefficient (Wildman–Crippen LogP) is 3.77. The second-order valence-electron chi connectivity index (χ2n) is 6.58. The lowest BCUT2D eigenvalue weighted by Gasteiger charge is -2.30. The number of amides is 1. The third-order valence-corrected chi connectivity index (χ3v) is 4.01. The molecular weight excluding hydrogens is 286 g/mol. The highest BCUT2D eigenvalue weighted by molar-refractivity contribution is 6.32. The van der Waals surface area contributed by atoms with Crippen molar-refractivity contribution >= 4 is 23.2 Å². The van der Waals surface area contributed by atoms with Gasteiger partial charge in [0.25, 0.3) is 0 Å². The van der Waals surface area contributed by atoms with Crippen LogP contribution in [0.4, 0.5) is 5.69 Å². The van der Waals surface area contributed by atoms with Crippen molar-refractivity contribution in [3.05, 3.63) is 23.0 Å². The molecular formula is C16H26ClN3O. The van der Waals surface area contributed by atoms with Crippen LogP contribution < -0.4 is 11.1 Å². The molecule has 3 N–H and O–H groups in total. The largest absolute Gasteiger partial charge is 0.330 e. The lowest BCUT2D eigenvalue weighted by Crippen LogP contribution is -2.25. The van der Waals surface area contributed by atoms with Gasteiger partial charge in [0.1, 0.15) is 0 Å². The molecule has 1 rings (SSSR count). The molecule has 1 atom stereocenters. The molecule has 0 radical (unpaired) electrons. The lowest BCUT2D eigenvalue weighted by atomic mass is 9.76. The van der Waals surface area contributed by atoms with Gasteiger partial charge in [-0.3, -0.25) is 4.79 Å². The summed E-state index contributed by atoms with van der Waals surface area (Å²) >= 11 is 5.98.